The molecule has 0 atom stereocenters. The standard InChI is InChI=1S/C8H8O4/c1-5-4-6(9)2-3-7(5)12-8(10)11/h2-4,9H,1H3,(H,10,11). The first-order chi connectivity index (χ1) is 5.59. The lowest BCUT2D eigenvalue weighted by Gasteiger charge is -2.03. The molecule has 0 amide bonds. The number of rotatable bonds is 1. The zero-order valence-corrected chi connectivity index (χ0v) is 6.44. The van der Waals surface area contributed by atoms with Gasteiger partial charge in [0.05, 0.1) is 0 Å². The maximum atomic E-state index is 10.1. The molecule has 0 heterocycles. The Balaban J connectivity index is 2.93. The fourth-order valence-corrected chi connectivity index (χ4v) is 0.842. The van der Waals surface area contributed by atoms with Crippen LogP contribution in [-0.4, -0.2) is 16.4 Å². The third-order valence-electron chi connectivity index (χ3n) is 1.36. The highest BCUT2D eigenvalue weighted by Crippen LogP contribution is 2.22. The second-order valence-electron chi connectivity index (χ2n) is 2.32. The van der Waals surface area contributed by atoms with Gasteiger partial charge >= 0.3 is 6.16 Å². The highest BCUT2D eigenvalue weighted by molar-refractivity contribution is 5.62. The van der Waals surface area contributed by atoms with E-state index in [1.807, 2.05) is 0 Å². The van der Waals surface area contributed by atoms with Crippen LogP contribution in [0.5, 0.6) is 11.5 Å². The molecule has 0 unspecified atom stereocenters. The summed E-state index contributed by atoms with van der Waals surface area (Å²) in [5.74, 6) is 0.325. The second-order valence-corrected chi connectivity index (χ2v) is 2.32. The van der Waals surface area contributed by atoms with Crippen molar-refractivity contribution in [3.8, 4) is 11.5 Å². The van der Waals surface area contributed by atoms with E-state index in [2.05, 4.69) is 4.74 Å². The molecule has 0 radical (unpaired) electrons. The normalized spacial score (nSPS) is 9.42. The summed E-state index contributed by atoms with van der Waals surface area (Å²) >= 11 is 0. The van der Waals surface area contributed by atoms with Gasteiger partial charge in [-0.15, -0.1) is 0 Å². The molecular formula is C8H8O4. The van der Waals surface area contributed by atoms with Gasteiger partial charge in [0.2, 0.25) is 0 Å². The van der Waals surface area contributed by atoms with Gasteiger partial charge in [0.1, 0.15) is 11.5 Å². The third kappa shape index (κ3) is 1.88. The average Bonchev–Trinajstić information content (AvgIpc) is 1.94. The number of phenols is 1. The van der Waals surface area contributed by atoms with Gasteiger partial charge < -0.3 is 14.9 Å². The molecule has 0 bridgehead atoms. The van der Waals surface area contributed by atoms with Gasteiger partial charge in [-0.1, -0.05) is 0 Å². The molecule has 0 saturated carbocycles. The van der Waals surface area contributed by atoms with E-state index in [0.29, 0.717) is 5.56 Å². The van der Waals surface area contributed by atoms with Crippen molar-refractivity contribution in [1.29, 1.82) is 0 Å². The summed E-state index contributed by atoms with van der Waals surface area (Å²) in [6, 6.07) is 4.20. The Morgan fingerprint density at radius 3 is 2.67 bits per heavy atom. The predicted octanol–water partition coefficient (Wildman–Crippen LogP) is 1.76. The first-order valence-electron chi connectivity index (χ1n) is 3.30. The molecule has 64 valence electrons. The maximum Gasteiger partial charge on any atom is 0.511 e. The van der Waals surface area contributed by atoms with Crippen LogP contribution in [0.1, 0.15) is 5.56 Å². The fourth-order valence-electron chi connectivity index (χ4n) is 0.842. The number of carboxylic acid groups (broad SMARTS) is 1. The molecular weight excluding hydrogens is 160 g/mol. The quantitative estimate of drug-likeness (QED) is 0.495. The van der Waals surface area contributed by atoms with E-state index in [1.54, 1.807) is 6.92 Å². The summed E-state index contributed by atoms with van der Waals surface area (Å²) in [6.45, 7) is 1.65. The Hall–Kier alpha value is -1.71. The molecule has 1 aromatic rings. The Morgan fingerprint density at radius 2 is 2.17 bits per heavy atom. The van der Waals surface area contributed by atoms with Crippen LogP contribution in [0.2, 0.25) is 0 Å². The monoisotopic (exact) mass is 168 g/mol. The summed E-state index contributed by atoms with van der Waals surface area (Å²) in [5, 5.41) is 17.2. The van der Waals surface area contributed by atoms with Crippen molar-refractivity contribution in [2.45, 2.75) is 6.92 Å². The number of aryl methyl sites for hydroxylation is 1. The molecule has 1 rings (SSSR count). The topological polar surface area (TPSA) is 66.8 Å². The Kier molecular flexibility index (Phi) is 2.19. The van der Waals surface area contributed by atoms with Crippen molar-refractivity contribution < 1.29 is 19.7 Å². The molecule has 0 aliphatic heterocycles. The summed E-state index contributed by atoms with van der Waals surface area (Å²) in [6.07, 6.45) is -1.36. The molecule has 2 N–H and O–H groups in total. The van der Waals surface area contributed by atoms with Gasteiger partial charge in [0.25, 0.3) is 0 Å². The van der Waals surface area contributed by atoms with Crippen LogP contribution in [0.25, 0.3) is 0 Å². The van der Waals surface area contributed by atoms with Crippen LogP contribution in [0, 0.1) is 6.92 Å². The summed E-state index contributed by atoms with van der Waals surface area (Å²) in [5.41, 5.74) is 0.581. The van der Waals surface area contributed by atoms with E-state index in [-0.39, 0.29) is 11.5 Å². The number of ether oxygens (including phenoxy) is 1. The number of hydrogen-bond donors (Lipinski definition) is 2. The van der Waals surface area contributed by atoms with Crippen LogP contribution in [0.3, 0.4) is 0 Å². The zero-order valence-electron chi connectivity index (χ0n) is 6.44. The predicted molar refractivity (Wildman–Crippen MR) is 41.5 cm³/mol. The number of hydrogen-bond acceptors (Lipinski definition) is 3. The molecule has 0 saturated heterocycles. The van der Waals surface area contributed by atoms with Crippen LogP contribution in [0.15, 0.2) is 18.2 Å². The summed E-state index contributed by atoms with van der Waals surface area (Å²) in [7, 11) is 0. The van der Waals surface area contributed by atoms with Crippen molar-refractivity contribution in [3.05, 3.63) is 23.8 Å². The molecule has 0 fully saturated rings. The molecule has 0 aliphatic rings. The van der Waals surface area contributed by atoms with Crippen molar-refractivity contribution >= 4 is 6.16 Å². The van der Waals surface area contributed by atoms with Crippen molar-refractivity contribution in [3.63, 3.8) is 0 Å². The van der Waals surface area contributed by atoms with Gasteiger partial charge in [-0.25, -0.2) is 4.79 Å². The molecule has 0 aromatic heterocycles. The highest BCUT2D eigenvalue weighted by atomic mass is 16.7. The lowest BCUT2D eigenvalue weighted by Crippen LogP contribution is -2.03. The zero-order chi connectivity index (χ0) is 9.14. The molecule has 0 aliphatic carbocycles. The average molecular weight is 168 g/mol. The lowest BCUT2D eigenvalue weighted by molar-refractivity contribution is 0.144. The van der Waals surface area contributed by atoms with E-state index in [1.165, 1.54) is 18.2 Å². The number of aromatic hydroxyl groups is 1. The van der Waals surface area contributed by atoms with Gasteiger partial charge in [0.15, 0.2) is 0 Å². The Labute approximate surface area is 69.0 Å². The minimum absolute atomic E-state index is 0.0882. The number of phenolic OH excluding ortho intramolecular Hbond substituents is 1. The van der Waals surface area contributed by atoms with E-state index in [0.717, 1.165) is 0 Å². The second kappa shape index (κ2) is 3.13. The molecule has 0 spiro atoms. The first kappa shape index (κ1) is 8.39. The largest absolute Gasteiger partial charge is 0.511 e. The number of carbonyl (C=O) groups is 1. The van der Waals surface area contributed by atoms with Gasteiger partial charge in [0, 0.05) is 0 Å². The Morgan fingerprint density at radius 1 is 1.50 bits per heavy atom. The van der Waals surface area contributed by atoms with Gasteiger partial charge in [-0.2, -0.15) is 0 Å². The van der Waals surface area contributed by atoms with Crippen molar-refractivity contribution in [1.82, 2.24) is 0 Å². The SMILES string of the molecule is Cc1cc(O)ccc1OC(=O)O. The van der Waals surface area contributed by atoms with Crippen LogP contribution in [-0.2, 0) is 0 Å². The molecule has 1 aromatic carbocycles. The minimum Gasteiger partial charge on any atom is -0.508 e. The fraction of sp³-hybridized carbons (Fsp3) is 0.125. The third-order valence-corrected chi connectivity index (χ3v) is 1.36. The Bertz CT molecular complexity index is 306. The minimum atomic E-state index is -1.36. The van der Waals surface area contributed by atoms with E-state index < -0.39 is 6.16 Å². The molecule has 4 heteroatoms. The van der Waals surface area contributed by atoms with E-state index >= 15 is 0 Å². The van der Waals surface area contributed by atoms with Crippen molar-refractivity contribution in [2.75, 3.05) is 0 Å². The molecule has 4 nitrogen and oxygen atoms in total. The lowest BCUT2D eigenvalue weighted by atomic mass is 10.2. The summed E-state index contributed by atoms with van der Waals surface area (Å²) in [4.78, 5) is 10.1. The smallest absolute Gasteiger partial charge is 0.508 e. The van der Waals surface area contributed by atoms with Crippen LogP contribution in [0.4, 0.5) is 4.79 Å². The van der Waals surface area contributed by atoms with Crippen LogP contribution >= 0.6 is 0 Å². The summed E-state index contributed by atoms with van der Waals surface area (Å²) < 4.78 is 4.41. The van der Waals surface area contributed by atoms with Crippen molar-refractivity contribution in [2.24, 2.45) is 0 Å². The maximum absolute atomic E-state index is 10.1. The first-order valence-corrected chi connectivity index (χ1v) is 3.30. The van der Waals surface area contributed by atoms with Gasteiger partial charge in [-0.3, -0.25) is 0 Å². The van der Waals surface area contributed by atoms with Gasteiger partial charge in [-0.05, 0) is 30.7 Å². The van der Waals surface area contributed by atoms with E-state index in [9.17, 15) is 4.79 Å². The van der Waals surface area contributed by atoms with E-state index in [4.69, 9.17) is 10.2 Å². The highest BCUT2D eigenvalue weighted by Gasteiger charge is 2.04. The number of benzene rings is 1. The molecule has 12 heavy (non-hydrogen) atoms. The van der Waals surface area contributed by atoms with Crippen LogP contribution < -0.4 is 4.74 Å².